The quantitative estimate of drug-likeness (QED) is 0.401. The first kappa shape index (κ1) is 8.82. The fourth-order valence-electron chi connectivity index (χ4n) is 0. The van der Waals surface area contributed by atoms with Gasteiger partial charge in [0.05, 0.1) is 0 Å². The zero-order valence-corrected chi connectivity index (χ0v) is 4.75. The molecule has 0 aliphatic heterocycles. The Morgan fingerprint density at radius 2 is 1.25 bits per heavy atom. The van der Waals surface area contributed by atoms with Crippen molar-refractivity contribution in [3.8, 4) is 0 Å². The van der Waals surface area contributed by atoms with E-state index in [1.54, 1.807) is 0 Å². The maximum absolute atomic E-state index is 7.30. The van der Waals surface area contributed by atoms with Crippen LogP contribution in [-0.4, -0.2) is 34.3 Å². The van der Waals surface area contributed by atoms with Crippen molar-refractivity contribution >= 4 is 22.0 Å². The van der Waals surface area contributed by atoms with E-state index in [4.69, 9.17) is 6.89 Å². The summed E-state index contributed by atoms with van der Waals surface area (Å²) in [6.07, 6.45) is 0. The monoisotopic (exact) mass is 172 g/mol. The molecule has 0 aromatic carbocycles. The summed E-state index contributed by atoms with van der Waals surface area (Å²) in [6, 6.07) is 0. The molecule has 0 saturated carbocycles. The molecule has 3 nitrogen and oxygen atoms in total. The number of hydrogen-bond donors (Lipinski definition) is 2. The molecule has 0 unspecified atom stereocenters. The van der Waals surface area contributed by atoms with Crippen LogP contribution >= 0.6 is 0 Å². The van der Waals surface area contributed by atoms with Crippen molar-refractivity contribution in [1.29, 1.82) is 0 Å². The van der Waals surface area contributed by atoms with Crippen molar-refractivity contribution in [1.82, 2.24) is 0 Å². The molecule has 2 radical (unpaired) electrons. The van der Waals surface area contributed by atoms with Crippen molar-refractivity contribution in [2.75, 3.05) is 0 Å². The van der Waals surface area contributed by atoms with E-state index in [1.807, 2.05) is 0 Å². The van der Waals surface area contributed by atoms with E-state index in [-0.39, 0.29) is 5.48 Å². The average molecular weight is 171 g/mol. The predicted molar refractivity (Wildman–Crippen MR) is 13.8 cm³/mol. The molecule has 0 saturated heterocycles. The zero-order chi connectivity index (χ0) is 2.71. The second-order valence-corrected chi connectivity index (χ2v) is 0.671. The van der Waals surface area contributed by atoms with Crippen molar-refractivity contribution in [2.45, 2.75) is 0 Å². The zero-order valence-electron chi connectivity index (χ0n) is 1.89. The van der Waals surface area contributed by atoms with Gasteiger partial charge in [0, 0.05) is 0 Å². The van der Waals surface area contributed by atoms with E-state index in [0.717, 1.165) is 0 Å². The molecule has 0 heterocycles. The Labute approximate surface area is 34.9 Å². The van der Waals surface area contributed by atoms with Gasteiger partial charge in [0.25, 0.3) is 0 Å². The second kappa shape index (κ2) is 9.37. The van der Waals surface area contributed by atoms with Crippen LogP contribution < -0.4 is 0 Å². The fraction of sp³-hybridized carbons (Fsp3) is 0. The maximum atomic E-state index is 7.30. The molecule has 0 aromatic heterocycles. The van der Waals surface area contributed by atoms with E-state index < -0.39 is 22.0 Å². The van der Waals surface area contributed by atoms with Gasteiger partial charge in [-0.2, -0.15) is 0 Å². The van der Waals surface area contributed by atoms with Crippen LogP contribution in [0.2, 0.25) is 0 Å². The molecule has 4 N–H and O–H groups in total. The van der Waals surface area contributed by atoms with E-state index in [0.29, 0.717) is 0 Å². The van der Waals surface area contributed by atoms with Gasteiger partial charge in [0.1, 0.15) is 0 Å². The predicted octanol–water partition coefficient (Wildman–Crippen LogP) is -2.32. The second-order valence-electron chi connectivity index (χ2n) is 0.100. The summed E-state index contributed by atoms with van der Waals surface area (Å²) in [4.78, 5) is 0. The van der Waals surface area contributed by atoms with Gasteiger partial charge >= 0.3 is 28.9 Å². The minimum atomic E-state index is -1.77. The third kappa shape index (κ3) is 16.4. The van der Waals surface area contributed by atoms with Gasteiger partial charge in [-0.05, 0) is 0 Å². The standard InChI is InChI=1S/3H2O.Sn/h3*1H2;/q;;;+2/p-2. The molecule has 0 amide bonds. The van der Waals surface area contributed by atoms with Crippen LogP contribution in [-0.2, 0) is 0 Å². The average Bonchev–Trinajstić information content (AvgIpc) is 0.918. The van der Waals surface area contributed by atoms with Gasteiger partial charge in [-0.25, -0.2) is 0 Å². The summed E-state index contributed by atoms with van der Waals surface area (Å²) in [6.45, 7) is 0. The molecule has 26 valence electrons. The molecule has 0 aliphatic rings. The minimum absolute atomic E-state index is 0. The van der Waals surface area contributed by atoms with Crippen LogP contribution in [0.25, 0.3) is 0 Å². The Hall–Kier alpha value is 0.679. The molecule has 0 bridgehead atoms. The molecule has 0 spiro atoms. The van der Waals surface area contributed by atoms with E-state index >= 15 is 0 Å². The molecule has 4 heavy (non-hydrogen) atoms. The Kier molecular flexibility index (Phi) is 20.7. The first-order valence-electron chi connectivity index (χ1n) is 0.447. The molecular weight excluding hydrogens is 167 g/mol. The SMILES string of the molecule is O.[OH][Sn][OH]. The summed E-state index contributed by atoms with van der Waals surface area (Å²) >= 11 is -1.77. The molecular formula is H4O3Sn. The fourth-order valence-corrected chi connectivity index (χ4v) is 0. The third-order valence-corrected chi connectivity index (χ3v) is 0. The van der Waals surface area contributed by atoms with Crippen molar-refractivity contribution < 1.29 is 12.4 Å². The Morgan fingerprint density at radius 3 is 1.25 bits per heavy atom. The molecule has 0 rings (SSSR count). The first-order valence-corrected chi connectivity index (χ1v) is 3.00. The van der Waals surface area contributed by atoms with Crippen molar-refractivity contribution in [2.24, 2.45) is 0 Å². The van der Waals surface area contributed by atoms with Crippen LogP contribution in [0, 0.1) is 0 Å². The Bertz CT molecular complexity index is 3.25. The van der Waals surface area contributed by atoms with Crippen LogP contribution in [0.3, 0.4) is 0 Å². The van der Waals surface area contributed by atoms with Crippen LogP contribution in [0.1, 0.15) is 0 Å². The van der Waals surface area contributed by atoms with E-state index in [9.17, 15) is 0 Å². The van der Waals surface area contributed by atoms with Crippen molar-refractivity contribution in [3.05, 3.63) is 0 Å². The molecule has 0 atom stereocenters. The van der Waals surface area contributed by atoms with Gasteiger partial charge in [-0.1, -0.05) is 0 Å². The molecule has 0 fully saturated rings. The summed E-state index contributed by atoms with van der Waals surface area (Å²) in [5.41, 5.74) is 0. The van der Waals surface area contributed by atoms with Crippen LogP contribution in [0.15, 0.2) is 0 Å². The summed E-state index contributed by atoms with van der Waals surface area (Å²) in [7, 11) is 0. The summed E-state index contributed by atoms with van der Waals surface area (Å²) < 4.78 is 14.6. The number of hydrogen-bond acceptors (Lipinski definition) is 2. The Morgan fingerprint density at radius 1 is 1.25 bits per heavy atom. The van der Waals surface area contributed by atoms with E-state index in [1.165, 1.54) is 0 Å². The number of rotatable bonds is 0. The normalized spacial score (nSPS) is 4.50. The molecule has 4 heteroatoms. The third-order valence-electron chi connectivity index (χ3n) is 0. The van der Waals surface area contributed by atoms with Gasteiger partial charge in [-0.15, -0.1) is 0 Å². The molecule has 0 aliphatic carbocycles. The first-order chi connectivity index (χ1) is 1.41. The van der Waals surface area contributed by atoms with Gasteiger partial charge in [0.2, 0.25) is 0 Å². The van der Waals surface area contributed by atoms with Crippen molar-refractivity contribution in [3.63, 3.8) is 0 Å². The van der Waals surface area contributed by atoms with Gasteiger partial charge in [0.15, 0.2) is 0 Å². The summed E-state index contributed by atoms with van der Waals surface area (Å²) in [5.74, 6) is 0. The topological polar surface area (TPSA) is 72.0 Å². The molecule has 0 aromatic rings. The Balaban J connectivity index is 0. The van der Waals surface area contributed by atoms with E-state index in [2.05, 4.69) is 0 Å². The van der Waals surface area contributed by atoms with Crippen LogP contribution in [0.5, 0.6) is 0 Å². The van der Waals surface area contributed by atoms with Gasteiger partial charge in [-0.3, -0.25) is 0 Å². The van der Waals surface area contributed by atoms with Crippen LogP contribution in [0.4, 0.5) is 0 Å². The summed E-state index contributed by atoms with van der Waals surface area (Å²) in [5, 5.41) is 0. The van der Waals surface area contributed by atoms with Gasteiger partial charge < -0.3 is 5.48 Å².